The molecule has 0 aliphatic rings. The molecule has 1 unspecified atom stereocenters. The van der Waals surface area contributed by atoms with E-state index in [-0.39, 0.29) is 0 Å². The molecule has 84 valence electrons. The fourth-order valence-corrected chi connectivity index (χ4v) is 3.30. The average Bonchev–Trinajstić information content (AvgIpc) is 2.59. The predicted molar refractivity (Wildman–Crippen MR) is 72.3 cm³/mol. The lowest BCUT2D eigenvalue weighted by Crippen LogP contribution is -1.99. The van der Waals surface area contributed by atoms with Gasteiger partial charge >= 0.3 is 0 Å². The summed E-state index contributed by atoms with van der Waals surface area (Å²) in [5.41, 5.74) is 2.00. The van der Waals surface area contributed by atoms with Crippen molar-refractivity contribution in [3.63, 3.8) is 0 Å². The summed E-state index contributed by atoms with van der Waals surface area (Å²) >= 11 is 10.8. The van der Waals surface area contributed by atoms with Gasteiger partial charge in [0, 0.05) is 4.88 Å². The van der Waals surface area contributed by atoms with Crippen molar-refractivity contribution in [1.82, 2.24) is 0 Å². The summed E-state index contributed by atoms with van der Waals surface area (Å²) in [6, 6.07) is 9.61. The molecule has 1 aromatic heterocycles. The Kier molecular flexibility index (Phi) is 3.70. The molecular formula is C12H10BrClOS. The van der Waals surface area contributed by atoms with Gasteiger partial charge in [0.1, 0.15) is 6.10 Å². The maximum Gasteiger partial charge on any atom is 0.114 e. The molecule has 0 bridgehead atoms. The Morgan fingerprint density at radius 2 is 2.06 bits per heavy atom. The molecule has 0 aliphatic heterocycles. The molecule has 16 heavy (non-hydrogen) atoms. The first-order chi connectivity index (χ1) is 7.59. The molecule has 0 saturated carbocycles. The van der Waals surface area contributed by atoms with Gasteiger partial charge in [-0.1, -0.05) is 35.9 Å². The second-order valence-electron chi connectivity index (χ2n) is 3.53. The monoisotopic (exact) mass is 316 g/mol. The molecule has 1 aromatic carbocycles. The van der Waals surface area contributed by atoms with Gasteiger partial charge in [0.05, 0.1) is 8.81 Å². The molecule has 2 rings (SSSR count). The maximum atomic E-state index is 10.2. The quantitative estimate of drug-likeness (QED) is 0.861. The molecule has 1 nitrogen and oxygen atoms in total. The molecule has 0 amide bonds. The van der Waals surface area contributed by atoms with Gasteiger partial charge in [-0.15, -0.1) is 11.3 Å². The molecule has 4 heteroatoms. The number of hydrogen-bond acceptors (Lipinski definition) is 2. The largest absolute Gasteiger partial charge is 0.383 e. The molecule has 0 spiro atoms. The second kappa shape index (κ2) is 4.88. The highest BCUT2D eigenvalue weighted by atomic mass is 79.9. The van der Waals surface area contributed by atoms with Crippen LogP contribution in [0.4, 0.5) is 0 Å². The van der Waals surface area contributed by atoms with E-state index < -0.39 is 6.10 Å². The number of aliphatic hydroxyl groups excluding tert-OH is 1. The predicted octanol–water partition coefficient (Wildman–Crippen LogP) is 4.55. The van der Waals surface area contributed by atoms with E-state index >= 15 is 0 Å². The minimum atomic E-state index is -0.602. The third-order valence-electron chi connectivity index (χ3n) is 2.42. The molecule has 1 atom stereocenters. The first-order valence-corrected chi connectivity index (χ1v) is 6.76. The molecule has 0 saturated heterocycles. The number of rotatable bonds is 2. The maximum absolute atomic E-state index is 10.2. The Bertz CT molecular complexity index is 490. The lowest BCUT2D eigenvalue weighted by molar-refractivity contribution is 0.223. The first-order valence-electron chi connectivity index (χ1n) is 4.78. The number of halogens is 2. The Labute approximate surface area is 112 Å². The standard InChI is InChI=1S/C12H10BrClOS/c1-7-4-2-3-5-8(7)11(15)10-6-9(14)12(13)16-10/h2-6,11,15H,1H3. The van der Waals surface area contributed by atoms with Crippen LogP contribution < -0.4 is 0 Å². The molecule has 2 aromatic rings. The number of aryl methyl sites for hydroxylation is 1. The van der Waals surface area contributed by atoms with Crippen LogP contribution >= 0.6 is 38.9 Å². The summed E-state index contributed by atoms with van der Waals surface area (Å²) < 4.78 is 0.858. The van der Waals surface area contributed by atoms with E-state index in [0.29, 0.717) is 5.02 Å². The zero-order chi connectivity index (χ0) is 11.7. The molecular weight excluding hydrogens is 308 g/mol. The lowest BCUT2D eigenvalue weighted by atomic mass is 10.0. The summed E-state index contributed by atoms with van der Waals surface area (Å²) in [6.07, 6.45) is -0.602. The third kappa shape index (κ3) is 2.33. The second-order valence-corrected chi connectivity index (χ2v) is 6.34. The third-order valence-corrected chi connectivity index (χ3v) is 4.94. The van der Waals surface area contributed by atoms with E-state index in [0.717, 1.165) is 19.8 Å². The van der Waals surface area contributed by atoms with Gasteiger partial charge in [-0.25, -0.2) is 0 Å². The average molecular weight is 318 g/mol. The highest BCUT2D eigenvalue weighted by Crippen LogP contribution is 2.37. The van der Waals surface area contributed by atoms with E-state index in [4.69, 9.17) is 11.6 Å². The van der Waals surface area contributed by atoms with Gasteiger partial charge in [-0.3, -0.25) is 0 Å². The summed E-state index contributed by atoms with van der Waals surface area (Å²) in [5, 5.41) is 10.9. The van der Waals surface area contributed by atoms with Gasteiger partial charge in [0.15, 0.2) is 0 Å². The van der Waals surface area contributed by atoms with E-state index in [1.165, 1.54) is 11.3 Å². The minimum absolute atomic E-state index is 0.602. The van der Waals surface area contributed by atoms with E-state index in [1.807, 2.05) is 31.2 Å². The van der Waals surface area contributed by atoms with E-state index in [9.17, 15) is 5.11 Å². The first kappa shape index (κ1) is 12.1. The van der Waals surface area contributed by atoms with Crippen LogP contribution in [0.15, 0.2) is 34.1 Å². The minimum Gasteiger partial charge on any atom is -0.383 e. The van der Waals surface area contributed by atoms with Crippen molar-refractivity contribution in [2.45, 2.75) is 13.0 Å². The van der Waals surface area contributed by atoms with Crippen LogP contribution in [0.1, 0.15) is 22.1 Å². The Morgan fingerprint density at radius 1 is 1.38 bits per heavy atom. The number of hydrogen-bond donors (Lipinski definition) is 1. The SMILES string of the molecule is Cc1ccccc1C(O)c1cc(Cl)c(Br)s1. The molecule has 0 aliphatic carbocycles. The number of thiophene rings is 1. The van der Waals surface area contributed by atoms with Crippen molar-refractivity contribution in [2.75, 3.05) is 0 Å². The number of aliphatic hydroxyl groups is 1. The van der Waals surface area contributed by atoms with Gasteiger partial charge in [-0.05, 0) is 40.0 Å². The van der Waals surface area contributed by atoms with E-state index in [1.54, 1.807) is 6.07 Å². The fraction of sp³-hybridized carbons (Fsp3) is 0.167. The van der Waals surface area contributed by atoms with Crippen LogP contribution in [-0.4, -0.2) is 5.11 Å². The lowest BCUT2D eigenvalue weighted by Gasteiger charge is -2.11. The van der Waals surface area contributed by atoms with E-state index in [2.05, 4.69) is 15.9 Å². The summed E-state index contributed by atoms with van der Waals surface area (Å²) in [6.45, 7) is 1.99. The number of benzene rings is 1. The zero-order valence-corrected chi connectivity index (χ0v) is 11.7. The fourth-order valence-electron chi connectivity index (χ4n) is 1.54. The van der Waals surface area contributed by atoms with Crippen LogP contribution in [0, 0.1) is 6.92 Å². The topological polar surface area (TPSA) is 20.2 Å². The Balaban J connectivity index is 2.39. The van der Waals surface area contributed by atoms with Gasteiger partial charge < -0.3 is 5.11 Å². The molecule has 1 heterocycles. The van der Waals surface area contributed by atoms with Crippen LogP contribution in [0.2, 0.25) is 5.02 Å². The van der Waals surface area contributed by atoms with Gasteiger partial charge in [-0.2, -0.15) is 0 Å². The zero-order valence-electron chi connectivity index (χ0n) is 8.58. The molecule has 0 fully saturated rings. The van der Waals surface area contributed by atoms with Crippen molar-refractivity contribution < 1.29 is 5.11 Å². The van der Waals surface area contributed by atoms with Crippen molar-refractivity contribution in [3.8, 4) is 0 Å². The Morgan fingerprint density at radius 3 is 2.62 bits per heavy atom. The van der Waals surface area contributed by atoms with Crippen molar-refractivity contribution >= 4 is 38.9 Å². The van der Waals surface area contributed by atoms with Crippen molar-refractivity contribution in [2.24, 2.45) is 0 Å². The van der Waals surface area contributed by atoms with Crippen molar-refractivity contribution in [3.05, 3.63) is 55.1 Å². The summed E-state index contributed by atoms with van der Waals surface area (Å²) in [4.78, 5) is 0.853. The van der Waals surface area contributed by atoms with Crippen LogP contribution in [0.5, 0.6) is 0 Å². The van der Waals surface area contributed by atoms with Gasteiger partial charge in [0.25, 0.3) is 0 Å². The highest BCUT2D eigenvalue weighted by Gasteiger charge is 2.16. The summed E-state index contributed by atoms with van der Waals surface area (Å²) in [5.74, 6) is 0. The van der Waals surface area contributed by atoms with Crippen LogP contribution in [0.25, 0.3) is 0 Å². The smallest absolute Gasteiger partial charge is 0.114 e. The van der Waals surface area contributed by atoms with Crippen LogP contribution in [-0.2, 0) is 0 Å². The van der Waals surface area contributed by atoms with Gasteiger partial charge in [0.2, 0.25) is 0 Å². The molecule has 1 N–H and O–H groups in total. The normalized spacial score (nSPS) is 12.8. The highest BCUT2D eigenvalue weighted by molar-refractivity contribution is 9.11. The molecule has 0 radical (unpaired) electrons. The Hall–Kier alpha value is -0.350. The van der Waals surface area contributed by atoms with Crippen LogP contribution in [0.3, 0.4) is 0 Å². The summed E-state index contributed by atoms with van der Waals surface area (Å²) in [7, 11) is 0. The van der Waals surface area contributed by atoms with Crippen molar-refractivity contribution in [1.29, 1.82) is 0 Å².